The van der Waals surface area contributed by atoms with Gasteiger partial charge >= 0.3 is 5.69 Å². The second kappa shape index (κ2) is 8.28. The summed E-state index contributed by atoms with van der Waals surface area (Å²) >= 11 is 0. The van der Waals surface area contributed by atoms with Crippen molar-refractivity contribution in [2.75, 3.05) is 18.4 Å². The van der Waals surface area contributed by atoms with Gasteiger partial charge in [0.05, 0.1) is 12.2 Å². The molecular formula is C18H23N5O3. The fourth-order valence-electron chi connectivity index (χ4n) is 2.53. The molecule has 0 fully saturated rings. The number of benzene rings is 1. The average Bonchev–Trinajstić information content (AvgIpc) is 2.63. The number of nitrogens with one attached hydrogen (secondary N) is 3. The molecule has 0 aliphatic carbocycles. The van der Waals surface area contributed by atoms with Gasteiger partial charge in [-0.05, 0) is 18.9 Å². The summed E-state index contributed by atoms with van der Waals surface area (Å²) < 4.78 is 2.12. The number of aromatic nitrogens is 2. The van der Waals surface area contributed by atoms with Crippen LogP contribution in [0.15, 0.2) is 33.9 Å². The van der Waals surface area contributed by atoms with Crippen LogP contribution in [0.3, 0.4) is 0 Å². The van der Waals surface area contributed by atoms with Gasteiger partial charge in [0, 0.05) is 26.9 Å². The quantitative estimate of drug-likeness (QED) is 0.613. The zero-order chi connectivity index (χ0) is 19.3. The molecule has 2 aromatic rings. The molecule has 138 valence electrons. The predicted octanol–water partition coefficient (Wildman–Crippen LogP) is 0.161. The highest BCUT2D eigenvalue weighted by molar-refractivity contribution is 5.86. The van der Waals surface area contributed by atoms with E-state index in [9.17, 15) is 14.4 Å². The van der Waals surface area contributed by atoms with Gasteiger partial charge in [0.2, 0.25) is 5.91 Å². The Labute approximate surface area is 151 Å². The number of aryl methyl sites for hydroxylation is 1. The van der Waals surface area contributed by atoms with Gasteiger partial charge in [0.15, 0.2) is 0 Å². The number of hydrogen-bond acceptors (Lipinski definition) is 5. The van der Waals surface area contributed by atoms with Gasteiger partial charge in [-0.1, -0.05) is 29.8 Å². The van der Waals surface area contributed by atoms with Crippen molar-refractivity contribution in [1.29, 1.82) is 5.41 Å². The van der Waals surface area contributed by atoms with Gasteiger partial charge in [-0.3, -0.25) is 18.7 Å². The highest BCUT2D eigenvalue weighted by Gasteiger charge is 2.14. The van der Waals surface area contributed by atoms with E-state index in [4.69, 9.17) is 5.41 Å². The Bertz CT molecular complexity index is 926. The van der Waals surface area contributed by atoms with E-state index in [2.05, 4.69) is 10.6 Å². The maximum atomic E-state index is 12.2. The summed E-state index contributed by atoms with van der Waals surface area (Å²) in [7, 11) is 2.82. The van der Waals surface area contributed by atoms with E-state index in [-0.39, 0.29) is 23.8 Å². The zero-order valence-corrected chi connectivity index (χ0v) is 15.1. The molecule has 0 aliphatic heterocycles. The summed E-state index contributed by atoms with van der Waals surface area (Å²) in [5.74, 6) is -0.274. The summed E-state index contributed by atoms with van der Waals surface area (Å²) in [5, 5.41) is 12.9. The molecule has 0 atom stereocenters. The topological polar surface area (TPSA) is 109 Å². The number of anilines is 1. The molecule has 0 saturated heterocycles. The first-order valence-corrected chi connectivity index (χ1v) is 8.21. The molecular weight excluding hydrogens is 334 g/mol. The lowest BCUT2D eigenvalue weighted by Gasteiger charge is -2.13. The van der Waals surface area contributed by atoms with Gasteiger partial charge in [-0.25, -0.2) is 4.79 Å². The summed E-state index contributed by atoms with van der Waals surface area (Å²) in [6.45, 7) is 2.37. The van der Waals surface area contributed by atoms with Gasteiger partial charge in [-0.2, -0.15) is 0 Å². The second-order valence-corrected chi connectivity index (χ2v) is 6.05. The van der Waals surface area contributed by atoms with Crippen molar-refractivity contribution in [2.45, 2.75) is 13.3 Å². The number of hydrogen-bond donors (Lipinski definition) is 3. The molecule has 2 rings (SSSR count). The SMILES string of the molecule is Cc1ccc(CCNC(=O)CNc2c(C=N)n(C)c(=O)n(C)c2=O)cc1. The van der Waals surface area contributed by atoms with Crippen LogP contribution in [0.25, 0.3) is 0 Å². The molecule has 0 unspecified atom stereocenters. The van der Waals surface area contributed by atoms with Crippen LogP contribution < -0.4 is 21.9 Å². The smallest absolute Gasteiger partial charge is 0.331 e. The average molecular weight is 357 g/mol. The molecule has 0 radical (unpaired) electrons. The van der Waals surface area contributed by atoms with Crippen molar-refractivity contribution in [3.8, 4) is 0 Å². The number of nitrogens with zero attached hydrogens (tertiary/aromatic N) is 2. The third-order valence-corrected chi connectivity index (χ3v) is 4.13. The summed E-state index contributed by atoms with van der Waals surface area (Å²) in [6.07, 6.45) is 1.62. The highest BCUT2D eigenvalue weighted by atomic mass is 16.2. The molecule has 8 heteroatoms. The standard InChI is InChI=1S/C18H23N5O3/c1-12-4-6-13(7-5-12)8-9-20-15(24)11-21-16-14(10-19)22(2)18(26)23(3)17(16)25/h4-7,10,19,21H,8-9,11H2,1-3H3,(H,20,24). The molecule has 0 aliphatic rings. The number of amides is 1. The summed E-state index contributed by atoms with van der Waals surface area (Å²) in [6, 6.07) is 8.08. The number of carbonyl (C=O) groups is 1. The Hall–Kier alpha value is -3.16. The van der Waals surface area contributed by atoms with Gasteiger partial charge in [0.25, 0.3) is 5.56 Å². The van der Waals surface area contributed by atoms with E-state index in [1.54, 1.807) is 0 Å². The van der Waals surface area contributed by atoms with Gasteiger partial charge < -0.3 is 16.0 Å². The van der Waals surface area contributed by atoms with Crippen molar-refractivity contribution in [2.24, 2.45) is 14.1 Å². The van der Waals surface area contributed by atoms with E-state index >= 15 is 0 Å². The maximum absolute atomic E-state index is 12.2. The summed E-state index contributed by atoms with van der Waals surface area (Å²) in [5.41, 5.74) is 1.40. The third kappa shape index (κ3) is 4.27. The van der Waals surface area contributed by atoms with E-state index in [1.807, 2.05) is 31.2 Å². The predicted molar refractivity (Wildman–Crippen MR) is 101 cm³/mol. The van der Waals surface area contributed by atoms with E-state index in [0.29, 0.717) is 13.0 Å². The van der Waals surface area contributed by atoms with Gasteiger partial charge in [0.1, 0.15) is 5.69 Å². The fourth-order valence-corrected chi connectivity index (χ4v) is 2.53. The van der Waals surface area contributed by atoms with Crippen molar-refractivity contribution >= 4 is 17.8 Å². The minimum atomic E-state index is -0.570. The maximum Gasteiger partial charge on any atom is 0.331 e. The lowest BCUT2D eigenvalue weighted by atomic mass is 10.1. The molecule has 0 saturated carbocycles. The van der Waals surface area contributed by atoms with Crippen LogP contribution in [0, 0.1) is 12.3 Å². The third-order valence-electron chi connectivity index (χ3n) is 4.13. The lowest BCUT2D eigenvalue weighted by molar-refractivity contribution is -0.119. The zero-order valence-electron chi connectivity index (χ0n) is 15.1. The van der Waals surface area contributed by atoms with Crippen LogP contribution in [0.5, 0.6) is 0 Å². The molecule has 26 heavy (non-hydrogen) atoms. The Kier molecular flexibility index (Phi) is 6.11. The highest BCUT2D eigenvalue weighted by Crippen LogP contribution is 2.04. The summed E-state index contributed by atoms with van der Waals surface area (Å²) in [4.78, 5) is 36.1. The van der Waals surface area contributed by atoms with E-state index in [1.165, 1.54) is 24.2 Å². The first kappa shape index (κ1) is 19.2. The molecule has 1 amide bonds. The Morgan fingerprint density at radius 2 is 1.81 bits per heavy atom. The fraction of sp³-hybridized carbons (Fsp3) is 0.333. The Morgan fingerprint density at radius 1 is 1.15 bits per heavy atom. The molecule has 3 N–H and O–H groups in total. The second-order valence-electron chi connectivity index (χ2n) is 6.05. The Balaban J connectivity index is 1.97. The van der Waals surface area contributed by atoms with Crippen LogP contribution in [-0.4, -0.2) is 34.3 Å². The monoisotopic (exact) mass is 357 g/mol. The first-order valence-electron chi connectivity index (χ1n) is 8.21. The largest absolute Gasteiger partial charge is 0.370 e. The number of rotatable bonds is 7. The van der Waals surface area contributed by atoms with Crippen LogP contribution >= 0.6 is 0 Å². The van der Waals surface area contributed by atoms with E-state index < -0.39 is 11.2 Å². The lowest BCUT2D eigenvalue weighted by Crippen LogP contribution is -2.41. The normalized spacial score (nSPS) is 10.4. The van der Waals surface area contributed by atoms with Crippen molar-refractivity contribution in [1.82, 2.24) is 14.5 Å². The Morgan fingerprint density at radius 3 is 2.42 bits per heavy atom. The van der Waals surface area contributed by atoms with Crippen LogP contribution in [-0.2, 0) is 25.3 Å². The van der Waals surface area contributed by atoms with Crippen molar-refractivity contribution < 1.29 is 4.79 Å². The van der Waals surface area contributed by atoms with Crippen molar-refractivity contribution in [3.63, 3.8) is 0 Å². The van der Waals surface area contributed by atoms with Crippen LogP contribution in [0.4, 0.5) is 5.69 Å². The van der Waals surface area contributed by atoms with Gasteiger partial charge in [-0.15, -0.1) is 0 Å². The molecule has 1 aromatic heterocycles. The number of carbonyl (C=O) groups excluding carboxylic acids is 1. The minimum Gasteiger partial charge on any atom is -0.370 e. The molecule has 8 nitrogen and oxygen atoms in total. The molecule has 0 bridgehead atoms. The first-order chi connectivity index (χ1) is 12.3. The minimum absolute atomic E-state index is 0.0540. The molecule has 1 aromatic carbocycles. The van der Waals surface area contributed by atoms with Crippen LogP contribution in [0.2, 0.25) is 0 Å². The van der Waals surface area contributed by atoms with Crippen molar-refractivity contribution in [3.05, 3.63) is 61.9 Å². The van der Waals surface area contributed by atoms with E-state index in [0.717, 1.165) is 16.3 Å². The molecule has 0 spiro atoms. The van der Waals surface area contributed by atoms with Crippen LogP contribution in [0.1, 0.15) is 16.8 Å². The molecule has 1 heterocycles.